The second-order valence-corrected chi connectivity index (χ2v) is 5.96. The molecule has 0 spiro atoms. The number of rotatable bonds is 3. The normalized spacial score (nSPS) is 17.7. The first-order valence-electron chi connectivity index (χ1n) is 6.41. The van der Waals surface area contributed by atoms with E-state index in [2.05, 4.69) is 0 Å². The minimum absolute atomic E-state index is 0.00431. The van der Waals surface area contributed by atoms with Crippen molar-refractivity contribution in [1.82, 2.24) is 0 Å². The molecule has 1 aromatic carbocycles. The second-order valence-electron chi connectivity index (χ2n) is 4.82. The molecule has 1 atom stereocenters. The van der Waals surface area contributed by atoms with Crippen LogP contribution in [0.3, 0.4) is 0 Å². The van der Waals surface area contributed by atoms with E-state index in [-0.39, 0.29) is 5.91 Å². The molecule has 104 valence electrons. The quantitative estimate of drug-likeness (QED) is 0.864. The highest BCUT2D eigenvalue weighted by Gasteiger charge is 2.37. The van der Waals surface area contributed by atoms with Crippen LogP contribution in [0.2, 0.25) is 0 Å². The maximum atomic E-state index is 12.7. The highest BCUT2D eigenvalue weighted by molar-refractivity contribution is 7.99. The maximum absolute atomic E-state index is 12.7. The maximum Gasteiger partial charge on any atom is 0.258 e. The molecular weight excluding hydrogens is 260 g/mol. The largest absolute Gasteiger partial charge is 0.399 e. The Balaban J connectivity index is 2.38. The lowest BCUT2D eigenvalue weighted by Crippen LogP contribution is -2.50. The Hall–Kier alpha value is -1.20. The molecule has 0 bridgehead atoms. The summed E-state index contributed by atoms with van der Waals surface area (Å²) in [6, 6.07) is 5.71. The van der Waals surface area contributed by atoms with Crippen LogP contribution in [0.15, 0.2) is 23.1 Å². The molecule has 0 saturated heterocycles. The molecule has 1 aromatic rings. The van der Waals surface area contributed by atoms with E-state index in [1.807, 2.05) is 32.0 Å². The molecule has 0 fully saturated rings. The summed E-state index contributed by atoms with van der Waals surface area (Å²) in [5, 5.41) is 0. The van der Waals surface area contributed by atoms with Gasteiger partial charge in [-0.05, 0) is 31.5 Å². The number of nitrogens with zero attached hydrogens (tertiary/aromatic N) is 1. The van der Waals surface area contributed by atoms with Crippen LogP contribution in [0.5, 0.6) is 0 Å². The van der Waals surface area contributed by atoms with Crippen LogP contribution in [-0.2, 0) is 9.53 Å². The third kappa shape index (κ3) is 2.58. The van der Waals surface area contributed by atoms with Crippen LogP contribution in [0.25, 0.3) is 0 Å². The molecule has 2 N–H and O–H groups in total. The number of amides is 1. The van der Waals surface area contributed by atoms with Crippen LogP contribution >= 0.6 is 11.8 Å². The number of fused-ring (bicyclic) bond motifs is 1. The zero-order valence-electron chi connectivity index (χ0n) is 11.6. The molecule has 0 saturated carbocycles. The van der Waals surface area contributed by atoms with E-state index in [1.54, 1.807) is 23.8 Å². The number of benzene rings is 1. The van der Waals surface area contributed by atoms with Gasteiger partial charge in [0.05, 0.1) is 5.69 Å². The fraction of sp³-hybridized carbons (Fsp3) is 0.500. The number of anilines is 2. The highest BCUT2D eigenvalue weighted by Crippen LogP contribution is 2.37. The average molecular weight is 280 g/mol. The third-order valence-corrected chi connectivity index (χ3v) is 4.71. The van der Waals surface area contributed by atoms with Crippen molar-refractivity contribution in [3.8, 4) is 0 Å². The Bertz CT molecular complexity index is 486. The zero-order chi connectivity index (χ0) is 14.0. The summed E-state index contributed by atoms with van der Waals surface area (Å²) in [7, 11) is 1.58. The summed E-state index contributed by atoms with van der Waals surface area (Å²) in [6.07, 6.45) is 0.642. The zero-order valence-corrected chi connectivity index (χ0v) is 12.4. The number of ether oxygens (including phenoxy) is 1. The predicted molar refractivity (Wildman–Crippen MR) is 79.6 cm³/mol. The van der Waals surface area contributed by atoms with Gasteiger partial charge in [0.25, 0.3) is 5.91 Å². The van der Waals surface area contributed by atoms with Gasteiger partial charge < -0.3 is 15.4 Å². The van der Waals surface area contributed by atoms with Gasteiger partial charge in [0.1, 0.15) is 5.60 Å². The van der Waals surface area contributed by atoms with Gasteiger partial charge in [0.15, 0.2) is 0 Å². The van der Waals surface area contributed by atoms with E-state index in [4.69, 9.17) is 10.5 Å². The number of thioether (sulfide) groups is 1. The molecule has 1 amide bonds. The lowest BCUT2D eigenvalue weighted by molar-refractivity contribution is -0.138. The predicted octanol–water partition coefficient (Wildman–Crippen LogP) is 2.52. The van der Waals surface area contributed by atoms with Crippen molar-refractivity contribution in [2.24, 2.45) is 0 Å². The van der Waals surface area contributed by atoms with Gasteiger partial charge in [-0.25, -0.2) is 0 Å². The van der Waals surface area contributed by atoms with Crippen LogP contribution in [0.4, 0.5) is 11.4 Å². The van der Waals surface area contributed by atoms with E-state index in [0.29, 0.717) is 18.7 Å². The molecule has 2 rings (SSSR count). The van der Waals surface area contributed by atoms with Crippen molar-refractivity contribution in [1.29, 1.82) is 0 Å². The third-order valence-electron chi connectivity index (χ3n) is 3.67. The number of hydrogen-bond acceptors (Lipinski definition) is 4. The van der Waals surface area contributed by atoms with E-state index in [0.717, 1.165) is 16.3 Å². The summed E-state index contributed by atoms with van der Waals surface area (Å²) < 4.78 is 5.42. The van der Waals surface area contributed by atoms with Gasteiger partial charge in [0.2, 0.25) is 0 Å². The average Bonchev–Trinajstić information content (AvgIpc) is 2.45. The summed E-state index contributed by atoms with van der Waals surface area (Å²) in [5.74, 6) is 0.899. The summed E-state index contributed by atoms with van der Waals surface area (Å²) in [4.78, 5) is 15.6. The number of nitrogen functional groups attached to an aromatic ring is 1. The van der Waals surface area contributed by atoms with Gasteiger partial charge in [-0.1, -0.05) is 6.92 Å². The van der Waals surface area contributed by atoms with Crippen LogP contribution in [-0.4, -0.2) is 30.9 Å². The monoisotopic (exact) mass is 280 g/mol. The standard InChI is InChI=1S/C14H20N2O2S/c1-4-14(2,18-3)13(17)16-7-8-19-12-6-5-10(15)9-11(12)16/h5-6,9H,4,7-8,15H2,1-3H3. The van der Waals surface area contributed by atoms with Gasteiger partial charge in [-0.15, -0.1) is 11.8 Å². The smallest absolute Gasteiger partial charge is 0.258 e. The van der Waals surface area contributed by atoms with E-state index < -0.39 is 5.60 Å². The molecule has 1 unspecified atom stereocenters. The Kier molecular flexibility index (Phi) is 4.06. The second kappa shape index (κ2) is 5.43. The fourth-order valence-electron chi connectivity index (χ4n) is 2.11. The Morgan fingerprint density at radius 1 is 1.58 bits per heavy atom. The van der Waals surface area contributed by atoms with Crippen molar-refractivity contribution in [2.45, 2.75) is 30.8 Å². The van der Waals surface area contributed by atoms with Crippen molar-refractivity contribution in [2.75, 3.05) is 30.0 Å². The van der Waals surface area contributed by atoms with Gasteiger partial charge in [0, 0.05) is 30.0 Å². The first-order valence-corrected chi connectivity index (χ1v) is 7.40. The van der Waals surface area contributed by atoms with Crippen molar-refractivity contribution in [3.05, 3.63) is 18.2 Å². The van der Waals surface area contributed by atoms with Gasteiger partial charge >= 0.3 is 0 Å². The van der Waals surface area contributed by atoms with Crippen LogP contribution < -0.4 is 10.6 Å². The lowest BCUT2D eigenvalue weighted by Gasteiger charge is -2.36. The molecule has 1 aliphatic rings. The Labute approximate surface area is 118 Å². The van der Waals surface area contributed by atoms with Crippen molar-refractivity contribution < 1.29 is 9.53 Å². The first kappa shape index (κ1) is 14.2. The lowest BCUT2D eigenvalue weighted by atomic mass is 10.0. The molecule has 19 heavy (non-hydrogen) atoms. The first-order chi connectivity index (χ1) is 9.01. The van der Waals surface area contributed by atoms with E-state index >= 15 is 0 Å². The number of nitrogens with two attached hydrogens (primary N) is 1. The summed E-state index contributed by atoms with van der Waals surface area (Å²) in [5.41, 5.74) is 6.64. The molecule has 4 nitrogen and oxygen atoms in total. The van der Waals surface area contributed by atoms with Crippen LogP contribution in [0, 0.1) is 0 Å². The highest BCUT2D eigenvalue weighted by atomic mass is 32.2. The number of methoxy groups -OCH3 is 1. The topological polar surface area (TPSA) is 55.6 Å². The summed E-state index contributed by atoms with van der Waals surface area (Å²) >= 11 is 1.75. The van der Waals surface area contributed by atoms with Gasteiger partial charge in [-0.3, -0.25) is 4.79 Å². The molecule has 5 heteroatoms. The van der Waals surface area contributed by atoms with Gasteiger partial charge in [-0.2, -0.15) is 0 Å². The van der Waals surface area contributed by atoms with E-state index in [1.165, 1.54) is 0 Å². The fourth-order valence-corrected chi connectivity index (χ4v) is 3.09. The molecular formula is C14H20N2O2S. The Morgan fingerprint density at radius 2 is 2.32 bits per heavy atom. The van der Waals surface area contributed by atoms with E-state index in [9.17, 15) is 4.79 Å². The number of carbonyl (C=O) groups excluding carboxylic acids is 1. The number of carbonyl (C=O) groups is 1. The van der Waals surface area contributed by atoms with Crippen molar-refractivity contribution in [3.63, 3.8) is 0 Å². The Morgan fingerprint density at radius 3 is 2.95 bits per heavy atom. The van der Waals surface area contributed by atoms with Crippen molar-refractivity contribution >= 4 is 29.0 Å². The SMILES string of the molecule is CCC(C)(OC)C(=O)N1CCSc2ccc(N)cc21. The molecule has 1 heterocycles. The minimum Gasteiger partial charge on any atom is -0.399 e. The molecule has 0 aliphatic carbocycles. The summed E-state index contributed by atoms with van der Waals surface area (Å²) in [6.45, 7) is 4.49. The minimum atomic E-state index is -0.774. The number of hydrogen-bond donors (Lipinski definition) is 1. The molecule has 1 aliphatic heterocycles. The molecule has 0 radical (unpaired) electrons. The molecule has 0 aromatic heterocycles. The van der Waals surface area contributed by atoms with Crippen LogP contribution in [0.1, 0.15) is 20.3 Å².